The number of aliphatic hydroxyl groups is 2. The van der Waals surface area contributed by atoms with E-state index < -0.39 is 36.4 Å². The van der Waals surface area contributed by atoms with E-state index >= 15 is 0 Å². The van der Waals surface area contributed by atoms with Gasteiger partial charge >= 0.3 is 0 Å². The molecule has 0 unspecified atom stereocenters. The van der Waals surface area contributed by atoms with Crippen LogP contribution in [-0.4, -0.2) is 54.9 Å². The lowest BCUT2D eigenvalue weighted by molar-refractivity contribution is -0.0890. The van der Waals surface area contributed by atoms with Gasteiger partial charge in [-0.05, 0) is 30.3 Å². The summed E-state index contributed by atoms with van der Waals surface area (Å²) in [7, 11) is 0. The van der Waals surface area contributed by atoms with Crippen molar-refractivity contribution in [3.63, 3.8) is 0 Å². The van der Waals surface area contributed by atoms with Crippen LogP contribution in [0, 0.1) is 12.3 Å². The van der Waals surface area contributed by atoms with Gasteiger partial charge in [0, 0.05) is 23.7 Å². The molecule has 2 amide bonds. The SMILES string of the molecule is C#C[C@]1(CO)O[C@@H](n2ccc3c(NC(=O)c4ccccc4)nc(NC(=O)c4ccccc4)nc32)C[C@@H]1O. The second-order valence-corrected chi connectivity index (χ2v) is 8.51. The standard InChI is InChI=1S/C27H23N5O5/c1-2-27(16-33)20(34)15-21(37-27)32-14-13-19-22(28-24(35)17-9-5-3-6-10-17)29-26(30-23(19)32)31-25(36)18-11-7-4-8-12-18/h1,3-14,20-21,33-34H,15-16H2,(H2,28,29,30,31,35,36)/t20-,21+,27+/m0/s1. The van der Waals surface area contributed by atoms with E-state index in [0.717, 1.165) is 0 Å². The number of rotatable bonds is 6. The van der Waals surface area contributed by atoms with Gasteiger partial charge in [-0.2, -0.15) is 9.97 Å². The summed E-state index contributed by atoms with van der Waals surface area (Å²) in [6, 6.07) is 18.9. The number of nitrogens with one attached hydrogen (secondary N) is 2. The lowest BCUT2D eigenvalue weighted by atomic mass is 9.99. The van der Waals surface area contributed by atoms with Gasteiger partial charge < -0.3 is 24.8 Å². The van der Waals surface area contributed by atoms with Crippen molar-refractivity contribution < 1.29 is 24.5 Å². The molecule has 0 spiro atoms. The Balaban J connectivity index is 1.55. The van der Waals surface area contributed by atoms with Gasteiger partial charge in [-0.25, -0.2) is 0 Å². The molecule has 4 N–H and O–H groups in total. The lowest BCUT2D eigenvalue weighted by Crippen LogP contribution is -2.41. The van der Waals surface area contributed by atoms with Crippen LogP contribution in [0.4, 0.5) is 11.8 Å². The summed E-state index contributed by atoms with van der Waals surface area (Å²) >= 11 is 0. The summed E-state index contributed by atoms with van der Waals surface area (Å²) in [6.07, 6.45) is 5.42. The molecule has 186 valence electrons. The minimum absolute atomic E-state index is 0.0476. The minimum atomic E-state index is -1.55. The van der Waals surface area contributed by atoms with E-state index in [0.29, 0.717) is 22.2 Å². The van der Waals surface area contributed by atoms with Crippen LogP contribution < -0.4 is 10.6 Å². The fourth-order valence-corrected chi connectivity index (χ4v) is 4.19. The summed E-state index contributed by atoms with van der Waals surface area (Å²) in [5.41, 5.74) is -0.402. The fourth-order valence-electron chi connectivity index (χ4n) is 4.19. The number of nitrogens with zero attached hydrogens (tertiary/aromatic N) is 3. The first kappa shape index (κ1) is 24.1. The lowest BCUT2D eigenvalue weighted by Gasteiger charge is -2.24. The third-order valence-electron chi connectivity index (χ3n) is 6.20. The van der Waals surface area contributed by atoms with Gasteiger partial charge in [0.15, 0.2) is 5.60 Å². The van der Waals surface area contributed by atoms with Crippen molar-refractivity contribution in [3.8, 4) is 12.3 Å². The molecular formula is C27H23N5O5. The molecule has 0 saturated carbocycles. The van der Waals surface area contributed by atoms with Crippen LogP contribution in [0.3, 0.4) is 0 Å². The molecule has 10 heteroatoms. The molecule has 3 atom stereocenters. The maximum absolute atomic E-state index is 12.9. The highest BCUT2D eigenvalue weighted by molar-refractivity contribution is 6.08. The zero-order valence-corrected chi connectivity index (χ0v) is 19.5. The fraction of sp³-hybridized carbons (Fsp3) is 0.185. The third kappa shape index (κ3) is 4.54. The van der Waals surface area contributed by atoms with Crippen LogP contribution in [0.5, 0.6) is 0 Å². The number of aromatic nitrogens is 3. The molecule has 2 aromatic heterocycles. The highest BCUT2D eigenvalue weighted by atomic mass is 16.6. The maximum Gasteiger partial charge on any atom is 0.258 e. The number of benzene rings is 2. The maximum atomic E-state index is 12.9. The van der Waals surface area contributed by atoms with Crippen LogP contribution >= 0.6 is 0 Å². The number of hydrogen-bond donors (Lipinski definition) is 4. The Bertz CT molecular complexity index is 1500. The number of carbonyl (C=O) groups is 2. The van der Waals surface area contributed by atoms with Crippen LogP contribution in [0.15, 0.2) is 72.9 Å². The van der Waals surface area contributed by atoms with E-state index in [-0.39, 0.29) is 18.2 Å². The number of terminal acetylenes is 1. The van der Waals surface area contributed by atoms with Crippen LogP contribution in [0.2, 0.25) is 0 Å². The number of ether oxygens (including phenoxy) is 1. The molecule has 5 rings (SSSR count). The first-order chi connectivity index (χ1) is 17.9. The molecule has 4 aromatic rings. The zero-order chi connectivity index (χ0) is 26.0. The van der Waals surface area contributed by atoms with Gasteiger partial charge in [0.05, 0.1) is 12.0 Å². The van der Waals surface area contributed by atoms with Crippen LogP contribution in [-0.2, 0) is 4.74 Å². The molecule has 1 fully saturated rings. The largest absolute Gasteiger partial charge is 0.392 e. The highest BCUT2D eigenvalue weighted by Crippen LogP contribution is 2.38. The molecule has 0 aliphatic carbocycles. The molecule has 2 aromatic carbocycles. The molecule has 1 saturated heterocycles. The van der Waals surface area contributed by atoms with E-state index in [2.05, 4.69) is 26.5 Å². The Labute approximate surface area is 211 Å². The van der Waals surface area contributed by atoms with Crippen molar-refractivity contribution in [2.24, 2.45) is 0 Å². The normalized spacial score (nSPS) is 20.9. The van der Waals surface area contributed by atoms with Crippen molar-refractivity contribution in [1.82, 2.24) is 14.5 Å². The second kappa shape index (κ2) is 9.83. The number of anilines is 2. The molecule has 1 aliphatic rings. The summed E-state index contributed by atoms with van der Waals surface area (Å²) in [5, 5.41) is 26.2. The highest BCUT2D eigenvalue weighted by Gasteiger charge is 2.47. The summed E-state index contributed by atoms with van der Waals surface area (Å²) in [6.45, 7) is -0.563. The van der Waals surface area contributed by atoms with Gasteiger partial charge in [-0.3, -0.25) is 14.9 Å². The molecule has 0 radical (unpaired) electrons. The number of hydrogen-bond acceptors (Lipinski definition) is 7. The number of aliphatic hydroxyl groups excluding tert-OH is 2. The first-order valence-corrected chi connectivity index (χ1v) is 11.5. The van der Waals surface area contributed by atoms with Gasteiger partial charge in [0.2, 0.25) is 5.95 Å². The number of fused-ring (bicyclic) bond motifs is 1. The van der Waals surface area contributed by atoms with Gasteiger partial charge in [-0.15, -0.1) is 6.42 Å². The Hall–Kier alpha value is -4.56. The van der Waals surface area contributed by atoms with E-state index in [1.807, 2.05) is 0 Å². The molecule has 37 heavy (non-hydrogen) atoms. The first-order valence-electron chi connectivity index (χ1n) is 11.5. The second-order valence-electron chi connectivity index (χ2n) is 8.51. The topological polar surface area (TPSA) is 139 Å². The predicted molar refractivity (Wildman–Crippen MR) is 136 cm³/mol. The van der Waals surface area contributed by atoms with Crippen LogP contribution in [0.25, 0.3) is 11.0 Å². The number of carbonyl (C=O) groups excluding carboxylic acids is 2. The average molecular weight is 498 g/mol. The minimum Gasteiger partial charge on any atom is -0.392 e. The zero-order valence-electron chi connectivity index (χ0n) is 19.5. The monoisotopic (exact) mass is 497 g/mol. The third-order valence-corrected chi connectivity index (χ3v) is 6.20. The van der Waals surface area contributed by atoms with E-state index in [1.54, 1.807) is 77.5 Å². The molecule has 1 aliphatic heterocycles. The molecular weight excluding hydrogens is 474 g/mol. The molecule has 10 nitrogen and oxygen atoms in total. The Morgan fingerprint density at radius 3 is 2.22 bits per heavy atom. The van der Waals surface area contributed by atoms with Crippen molar-refractivity contribution in [2.75, 3.05) is 17.2 Å². The predicted octanol–water partition coefficient (Wildman–Crippen LogP) is 2.58. The Morgan fingerprint density at radius 2 is 1.65 bits per heavy atom. The quantitative estimate of drug-likeness (QED) is 0.300. The van der Waals surface area contributed by atoms with Gasteiger partial charge in [0.1, 0.15) is 23.8 Å². The van der Waals surface area contributed by atoms with E-state index in [9.17, 15) is 19.8 Å². The Morgan fingerprint density at radius 1 is 1.03 bits per heavy atom. The van der Waals surface area contributed by atoms with Crippen molar-refractivity contribution >= 4 is 34.6 Å². The smallest absolute Gasteiger partial charge is 0.258 e. The summed E-state index contributed by atoms with van der Waals surface area (Å²) in [5.74, 6) is 1.64. The van der Waals surface area contributed by atoms with Crippen molar-refractivity contribution in [3.05, 3.63) is 84.1 Å². The number of amides is 2. The Kier molecular flexibility index (Phi) is 6.42. The van der Waals surface area contributed by atoms with Gasteiger partial charge in [0.25, 0.3) is 11.8 Å². The summed E-state index contributed by atoms with van der Waals surface area (Å²) in [4.78, 5) is 34.6. The van der Waals surface area contributed by atoms with Crippen molar-refractivity contribution in [1.29, 1.82) is 0 Å². The van der Waals surface area contributed by atoms with Gasteiger partial charge in [-0.1, -0.05) is 42.3 Å². The average Bonchev–Trinajstić information content (AvgIpc) is 3.50. The molecule has 0 bridgehead atoms. The van der Waals surface area contributed by atoms with E-state index in [1.165, 1.54) is 0 Å². The summed E-state index contributed by atoms with van der Waals surface area (Å²) < 4.78 is 7.50. The molecule has 3 heterocycles. The van der Waals surface area contributed by atoms with E-state index in [4.69, 9.17) is 11.2 Å². The van der Waals surface area contributed by atoms with Crippen molar-refractivity contribution in [2.45, 2.75) is 24.4 Å². The van der Waals surface area contributed by atoms with Crippen LogP contribution in [0.1, 0.15) is 33.4 Å².